The Morgan fingerprint density at radius 2 is 1.21 bits per heavy atom. The van der Waals surface area contributed by atoms with E-state index in [4.69, 9.17) is 6.42 Å². The zero-order chi connectivity index (χ0) is 23.0. The Hall–Kier alpha value is -3.05. The molecule has 0 atom stereocenters. The number of fused-ring (bicyclic) bond motifs is 1. The molecule has 5 aromatic rings. The molecule has 0 amide bonds. The molecule has 0 spiro atoms. The molecule has 0 aliphatic rings. The molecule has 4 aromatic carbocycles. The summed E-state index contributed by atoms with van der Waals surface area (Å²) in [5.41, 5.74) is 1.91. The van der Waals surface area contributed by atoms with E-state index in [1.807, 2.05) is 6.92 Å². The number of hydrogen-bond donors (Lipinski definition) is 0. The van der Waals surface area contributed by atoms with Gasteiger partial charge in [0, 0.05) is 17.1 Å². The molecular weight excluding hydrogens is 621 g/mol. The first-order valence-electron chi connectivity index (χ1n) is 10.7. The van der Waals surface area contributed by atoms with Crippen LogP contribution >= 0.6 is 7.92 Å². The van der Waals surface area contributed by atoms with Gasteiger partial charge in [0.25, 0.3) is 0 Å². The molecule has 0 fully saturated rings. The molecule has 0 saturated heterocycles. The zero-order valence-corrected chi connectivity index (χ0v) is 21.8. The molecule has 4 heteroatoms. The van der Waals surface area contributed by atoms with E-state index < -0.39 is 7.92 Å². The van der Waals surface area contributed by atoms with E-state index in [2.05, 4.69) is 102 Å². The summed E-state index contributed by atoms with van der Waals surface area (Å²) in [6.45, 7) is 1.85. The molecule has 0 unspecified atom stereocenters. The average Bonchev–Trinajstić information content (AvgIpc) is 2.87. The van der Waals surface area contributed by atoms with Crippen LogP contribution in [0.5, 0.6) is 0 Å². The van der Waals surface area contributed by atoms with Gasteiger partial charge in [-0.25, -0.2) is 4.39 Å². The van der Waals surface area contributed by atoms with Gasteiger partial charge in [-0.1, -0.05) is 54.6 Å². The van der Waals surface area contributed by atoms with E-state index >= 15 is 0 Å². The second-order valence-electron chi connectivity index (χ2n) is 7.60. The van der Waals surface area contributed by atoms with Gasteiger partial charge >= 0.3 is 22.4 Å². The van der Waals surface area contributed by atoms with E-state index in [0.717, 1.165) is 5.56 Å². The van der Waals surface area contributed by atoms with Crippen molar-refractivity contribution in [3.05, 3.63) is 139 Å². The Labute approximate surface area is 217 Å². The summed E-state index contributed by atoms with van der Waals surface area (Å²) in [6, 6.07) is 37.1. The minimum atomic E-state index is -0.877. The summed E-state index contributed by atoms with van der Waals surface area (Å²) in [5.74, 6) is 1.93. The van der Waals surface area contributed by atoms with Crippen molar-refractivity contribution in [1.82, 2.24) is 4.98 Å². The maximum atomic E-state index is 13.4. The number of rotatable bonds is 3. The van der Waals surface area contributed by atoms with E-state index in [-0.39, 0.29) is 28.2 Å². The SMILES string of the molecule is [Au+].[C-]#Cc1ccc(F)c2cc(C)cnc12.c1ccc([PH+](c2ccccc2)c2ccccc2)cc1. The van der Waals surface area contributed by atoms with Crippen LogP contribution in [0, 0.1) is 25.1 Å². The Balaban J connectivity index is 0.000000193. The first-order valence-corrected chi connectivity index (χ1v) is 12.2. The predicted octanol–water partition coefficient (Wildman–Crippen LogP) is 5.79. The molecule has 0 bridgehead atoms. The van der Waals surface area contributed by atoms with E-state index in [9.17, 15) is 4.39 Å². The molecule has 1 nitrogen and oxygen atoms in total. The first-order chi connectivity index (χ1) is 16.2. The largest absolute Gasteiger partial charge is 1.00 e. The molecule has 5 rings (SSSR count). The molecule has 0 radical (unpaired) electrons. The van der Waals surface area contributed by atoms with Gasteiger partial charge in [0.1, 0.15) is 21.7 Å². The third kappa shape index (κ3) is 6.09. The molecular formula is C30H23AuFNP+. The van der Waals surface area contributed by atoms with Crippen molar-refractivity contribution in [3.8, 4) is 5.92 Å². The average molecular weight is 644 g/mol. The molecule has 0 saturated carbocycles. The third-order valence-corrected chi connectivity index (χ3v) is 7.99. The molecule has 170 valence electrons. The molecule has 34 heavy (non-hydrogen) atoms. The fourth-order valence-corrected chi connectivity index (χ4v) is 6.28. The van der Waals surface area contributed by atoms with Crippen LogP contribution in [-0.2, 0) is 22.4 Å². The topological polar surface area (TPSA) is 12.9 Å². The van der Waals surface area contributed by atoms with Gasteiger partial charge in [-0.2, -0.15) is 0 Å². The van der Waals surface area contributed by atoms with Gasteiger partial charge in [-0.3, -0.25) is 10.9 Å². The van der Waals surface area contributed by atoms with Gasteiger partial charge < -0.3 is 6.42 Å². The predicted molar refractivity (Wildman–Crippen MR) is 139 cm³/mol. The van der Waals surface area contributed by atoms with E-state index in [1.54, 1.807) is 12.3 Å². The van der Waals surface area contributed by atoms with Gasteiger partial charge in [0.15, 0.2) is 0 Å². The van der Waals surface area contributed by atoms with Crippen LogP contribution in [0.15, 0.2) is 115 Å². The summed E-state index contributed by atoms with van der Waals surface area (Å²) in [7, 11) is -0.877. The van der Waals surface area contributed by atoms with Crippen LogP contribution in [0.2, 0.25) is 0 Å². The number of nitrogens with zero attached hydrogens (tertiary/aromatic N) is 1. The van der Waals surface area contributed by atoms with Crippen molar-refractivity contribution < 1.29 is 26.8 Å². The first kappa shape index (κ1) is 25.6. The van der Waals surface area contributed by atoms with Gasteiger partial charge in [0.2, 0.25) is 0 Å². The Morgan fingerprint density at radius 3 is 1.65 bits per heavy atom. The van der Waals surface area contributed by atoms with Crippen LogP contribution in [0.25, 0.3) is 10.9 Å². The van der Waals surface area contributed by atoms with Gasteiger partial charge in [-0.15, -0.1) is 11.6 Å². The number of aryl methyl sites for hydroxylation is 1. The summed E-state index contributed by atoms with van der Waals surface area (Å²) >= 11 is 0. The fraction of sp³-hybridized carbons (Fsp3) is 0.0333. The second kappa shape index (κ2) is 12.4. The normalized spacial score (nSPS) is 10.1. The van der Waals surface area contributed by atoms with Gasteiger partial charge in [0.05, 0.1) is 7.92 Å². The molecule has 1 heterocycles. The second-order valence-corrected chi connectivity index (χ2v) is 10.1. The fourth-order valence-electron chi connectivity index (χ4n) is 3.71. The quantitative estimate of drug-likeness (QED) is 0.105. The maximum Gasteiger partial charge on any atom is 1.00 e. The summed E-state index contributed by atoms with van der Waals surface area (Å²) < 4.78 is 13.4. The smallest absolute Gasteiger partial charge is 0.366 e. The Morgan fingerprint density at radius 1 is 0.735 bits per heavy atom. The maximum absolute atomic E-state index is 13.4. The molecule has 1 aromatic heterocycles. The van der Waals surface area contributed by atoms with Crippen LogP contribution in [-0.4, -0.2) is 4.98 Å². The summed E-state index contributed by atoms with van der Waals surface area (Å²) in [5, 5.41) is 4.75. The minimum absolute atomic E-state index is 0. The number of benzene rings is 4. The zero-order valence-electron chi connectivity index (χ0n) is 18.6. The number of halogens is 1. The van der Waals surface area contributed by atoms with Crippen molar-refractivity contribution in [3.63, 3.8) is 0 Å². The minimum Gasteiger partial charge on any atom is -0.366 e. The standard InChI is InChI=1S/C18H15P.C12H7FN.Au/c1-4-10-16(11-5-1)19(17-12-6-2-7-13-17)18-14-8-3-9-15-18;1-3-9-4-5-11(13)10-6-8(2)7-14-12(9)10;/h1-15H;4-7H,2H3;/q;-1;+1/p+1. The van der Waals surface area contributed by atoms with Crippen molar-refractivity contribution in [2.24, 2.45) is 0 Å². The van der Waals surface area contributed by atoms with E-state index in [1.165, 1.54) is 28.0 Å². The van der Waals surface area contributed by atoms with Crippen LogP contribution in [0.1, 0.15) is 11.1 Å². The van der Waals surface area contributed by atoms with Crippen molar-refractivity contribution in [2.45, 2.75) is 6.92 Å². The van der Waals surface area contributed by atoms with E-state index in [0.29, 0.717) is 16.5 Å². The Kier molecular flexibility index (Phi) is 9.34. The van der Waals surface area contributed by atoms with Crippen LogP contribution in [0.4, 0.5) is 4.39 Å². The molecule has 0 aliphatic heterocycles. The van der Waals surface area contributed by atoms with Crippen molar-refractivity contribution >= 4 is 34.7 Å². The third-order valence-electron chi connectivity index (χ3n) is 5.26. The summed E-state index contributed by atoms with van der Waals surface area (Å²) in [6.07, 6.45) is 8.69. The molecule has 0 N–H and O–H groups in total. The van der Waals surface area contributed by atoms with Crippen LogP contribution in [0.3, 0.4) is 0 Å². The van der Waals surface area contributed by atoms with Crippen molar-refractivity contribution in [2.75, 3.05) is 0 Å². The van der Waals surface area contributed by atoms with Gasteiger partial charge in [-0.05, 0) is 61.0 Å². The molecule has 0 aliphatic carbocycles. The van der Waals surface area contributed by atoms with Crippen LogP contribution < -0.4 is 15.9 Å². The van der Waals surface area contributed by atoms with Crippen molar-refractivity contribution in [1.29, 1.82) is 0 Å². The number of hydrogen-bond acceptors (Lipinski definition) is 1. The number of pyridine rings is 1. The monoisotopic (exact) mass is 644 g/mol. The number of aromatic nitrogens is 1. The summed E-state index contributed by atoms with van der Waals surface area (Å²) in [4.78, 5) is 4.09. The Bertz CT molecular complexity index is 1290.